The molecule has 0 aromatic heterocycles. The molecule has 0 saturated heterocycles. The summed E-state index contributed by atoms with van der Waals surface area (Å²) in [4.78, 5) is 0. The van der Waals surface area contributed by atoms with Gasteiger partial charge in [-0.05, 0) is 18.3 Å². The van der Waals surface area contributed by atoms with Gasteiger partial charge in [0.2, 0.25) is 0 Å². The fourth-order valence-electron chi connectivity index (χ4n) is 1.82. The zero-order valence-corrected chi connectivity index (χ0v) is 11.8. The molecule has 0 N–H and O–H groups in total. The monoisotopic (exact) mass is 229 g/mol. The molecule has 0 aliphatic carbocycles. The number of rotatable bonds is 9. The second-order valence-corrected chi connectivity index (χ2v) is 6.25. The maximum atomic E-state index is 4.92. The minimum atomic E-state index is 0.531. The quantitative estimate of drug-likeness (QED) is 0.442. The van der Waals surface area contributed by atoms with Crippen LogP contribution in [0.1, 0.15) is 78.6 Å². The largest absolute Gasteiger partial charge is 0.0942 e. The lowest BCUT2D eigenvalue weighted by molar-refractivity contribution is 0.356. The summed E-state index contributed by atoms with van der Waals surface area (Å²) in [5.74, 6) is 0.950. The number of unbranched alkanes of at least 4 members (excludes halogenated alkanes) is 7. The molecule has 0 nitrogen and oxygen atoms in total. The molecule has 0 aliphatic heterocycles. The van der Waals surface area contributed by atoms with Gasteiger partial charge in [-0.2, -0.15) is 0 Å². The van der Waals surface area contributed by atoms with E-state index < -0.39 is 0 Å². The molecule has 1 heteroatoms. The highest BCUT2D eigenvalue weighted by Crippen LogP contribution is 2.22. The number of hydrogen-bond donors (Lipinski definition) is 0. The summed E-state index contributed by atoms with van der Waals surface area (Å²) in [6, 6.07) is 0. The summed E-state index contributed by atoms with van der Waals surface area (Å²) >= 11 is 4.92. The van der Waals surface area contributed by atoms with Gasteiger partial charge in [-0.25, -0.2) is 0 Å². The molecule has 0 heterocycles. The molecule has 0 aliphatic rings. The third kappa shape index (κ3) is 14.4. The Morgan fingerprint density at radius 1 is 0.667 bits per heavy atom. The van der Waals surface area contributed by atoms with Crippen molar-refractivity contribution in [2.24, 2.45) is 5.41 Å². The van der Waals surface area contributed by atoms with Gasteiger partial charge >= 0.3 is 0 Å². The zero-order valence-electron chi connectivity index (χ0n) is 11.0. The molecule has 91 valence electrons. The highest BCUT2D eigenvalue weighted by atomic mass is 32.1. The van der Waals surface area contributed by atoms with Crippen LogP contribution in [0, 0.1) is 5.41 Å². The van der Waals surface area contributed by atoms with Crippen molar-refractivity contribution in [3.05, 3.63) is 0 Å². The van der Waals surface area contributed by atoms with Crippen LogP contribution in [0.5, 0.6) is 0 Å². The van der Waals surface area contributed by atoms with Crippen LogP contribution in [-0.4, -0.2) is 5.75 Å². The molecule has 0 atom stereocenters. The molecule has 0 unspecified atom stereocenters. The predicted octanol–water partition coefficient (Wildman–Crippen LogP) is 5.74. The molecule has 15 heavy (non-hydrogen) atoms. The van der Waals surface area contributed by atoms with Gasteiger partial charge in [0.05, 0.1) is 0 Å². The van der Waals surface area contributed by atoms with E-state index in [0.29, 0.717) is 5.41 Å². The SMILES string of the molecule is CC(C)(C)CCCCCCCCCC[S]. The first-order valence-electron chi connectivity index (χ1n) is 6.64. The Kier molecular flexibility index (Phi) is 9.79. The second kappa shape index (κ2) is 9.57. The minimum Gasteiger partial charge on any atom is -0.0942 e. The maximum Gasteiger partial charge on any atom is 0.00369 e. The zero-order chi connectivity index (χ0) is 11.6. The van der Waals surface area contributed by atoms with Crippen molar-refractivity contribution in [2.45, 2.75) is 78.6 Å². The molecule has 0 bridgehead atoms. The summed E-state index contributed by atoms with van der Waals surface area (Å²) in [5.41, 5.74) is 0.531. The first kappa shape index (κ1) is 15.3. The van der Waals surface area contributed by atoms with Crippen LogP contribution >= 0.6 is 12.6 Å². The Morgan fingerprint density at radius 3 is 1.47 bits per heavy atom. The fourth-order valence-corrected chi connectivity index (χ4v) is 2.02. The third-order valence-electron chi connectivity index (χ3n) is 2.82. The Labute approximate surface area is 103 Å². The predicted molar refractivity (Wildman–Crippen MR) is 73.5 cm³/mol. The van der Waals surface area contributed by atoms with Crippen LogP contribution in [0.2, 0.25) is 0 Å². The first-order valence-corrected chi connectivity index (χ1v) is 7.22. The molecule has 0 fully saturated rings. The third-order valence-corrected chi connectivity index (χ3v) is 3.11. The lowest BCUT2D eigenvalue weighted by atomic mass is 9.89. The van der Waals surface area contributed by atoms with Gasteiger partial charge in [0.15, 0.2) is 0 Å². The molecular formula is C14H29S. The van der Waals surface area contributed by atoms with Crippen LogP contribution in [0.25, 0.3) is 0 Å². The highest BCUT2D eigenvalue weighted by Gasteiger charge is 2.08. The van der Waals surface area contributed by atoms with Gasteiger partial charge in [-0.1, -0.05) is 78.3 Å². The topological polar surface area (TPSA) is 0 Å². The van der Waals surface area contributed by atoms with Crippen molar-refractivity contribution in [3.63, 3.8) is 0 Å². The van der Waals surface area contributed by atoms with Crippen LogP contribution in [0.4, 0.5) is 0 Å². The van der Waals surface area contributed by atoms with Gasteiger partial charge in [0.25, 0.3) is 0 Å². The molecule has 0 aromatic rings. The average molecular weight is 229 g/mol. The second-order valence-electron chi connectivity index (χ2n) is 5.84. The van der Waals surface area contributed by atoms with E-state index in [2.05, 4.69) is 20.8 Å². The molecular weight excluding hydrogens is 200 g/mol. The van der Waals surface area contributed by atoms with E-state index in [4.69, 9.17) is 12.6 Å². The van der Waals surface area contributed by atoms with Gasteiger partial charge in [-0.15, -0.1) is 0 Å². The van der Waals surface area contributed by atoms with E-state index >= 15 is 0 Å². The Balaban J connectivity index is 2.99. The smallest absolute Gasteiger partial charge is 0.00369 e. The lowest BCUT2D eigenvalue weighted by Gasteiger charge is -2.17. The van der Waals surface area contributed by atoms with Crippen LogP contribution < -0.4 is 0 Å². The standard InChI is InChI=1S/C14H29S/c1-14(2,3)12-10-8-6-4-5-7-9-11-13-15/h4-13H2,1-3H3. The van der Waals surface area contributed by atoms with Gasteiger partial charge in [0.1, 0.15) is 0 Å². The Hall–Kier alpha value is 0.350. The normalized spacial score (nSPS) is 12.0. The van der Waals surface area contributed by atoms with E-state index in [0.717, 1.165) is 5.75 Å². The summed E-state index contributed by atoms with van der Waals surface area (Å²) in [5, 5.41) is 0. The molecule has 0 saturated carbocycles. The van der Waals surface area contributed by atoms with Crippen molar-refractivity contribution in [2.75, 3.05) is 5.75 Å². The lowest BCUT2D eigenvalue weighted by Crippen LogP contribution is -2.03. The average Bonchev–Trinajstić information content (AvgIpc) is 2.14. The van der Waals surface area contributed by atoms with Crippen molar-refractivity contribution < 1.29 is 0 Å². The van der Waals surface area contributed by atoms with Crippen molar-refractivity contribution in [1.82, 2.24) is 0 Å². The number of hydrogen-bond acceptors (Lipinski definition) is 0. The van der Waals surface area contributed by atoms with E-state index in [1.165, 1.54) is 57.8 Å². The Bertz CT molecular complexity index is 124. The first-order chi connectivity index (χ1) is 7.06. The summed E-state index contributed by atoms with van der Waals surface area (Å²) < 4.78 is 0. The maximum absolute atomic E-state index is 4.92. The van der Waals surface area contributed by atoms with E-state index in [1.54, 1.807) is 0 Å². The van der Waals surface area contributed by atoms with Gasteiger partial charge in [-0.3, -0.25) is 0 Å². The van der Waals surface area contributed by atoms with Crippen molar-refractivity contribution in [1.29, 1.82) is 0 Å². The minimum absolute atomic E-state index is 0.531. The molecule has 1 radical (unpaired) electrons. The molecule has 0 rings (SSSR count). The van der Waals surface area contributed by atoms with Crippen molar-refractivity contribution in [3.8, 4) is 0 Å². The van der Waals surface area contributed by atoms with Crippen molar-refractivity contribution >= 4 is 12.6 Å². The molecule has 0 amide bonds. The van der Waals surface area contributed by atoms with Crippen LogP contribution in [0.15, 0.2) is 0 Å². The molecule has 0 spiro atoms. The highest BCUT2D eigenvalue weighted by molar-refractivity contribution is 7.80. The summed E-state index contributed by atoms with van der Waals surface area (Å²) in [6.45, 7) is 7.01. The van der Waals surface area contributed by atoms with Gasteiger partial charge < -0.3 is 0 Å². The summed E-state index contributed by atoms with van der Waals surface area (Å²) in [6.07, 6.45) is 12.5. The van der Waals surface area contributed by atoms with Crippen LogP contribution in [0.3, 0.4) is 0 Å². The van der Waals surface area contributed by atoms with E-state index in [-0.39, 0.29) is 0 Å². The Morgan fingerprint density at radius 2 is 1.07 bits per heavy atom. The van der Waals surface area contributed by atoms with E-state index in [1.807, 2.05) is 0 Å². The fraction of sp³-hybridized carbons (Fsp3) is 1.00. The van der Waals surface area contributed by atoms with E-state index in [9.17, 15) is 0 Å². The van der Waals surface area contributed by atoms with Gasteiger partial charge in [0, 0.05) is 5.75 Å². The summed E-state index contributed by atoms with van der Waals surface area (Å²) in [7, 11) is 0. The van der Waals surface area contributed by atoms with Crippen LogP contribution in [-0.2, 0) is 0 Å². The molecule has 0 aromatic carbocycles.